The summed E-state index contributed by atoms with van der Waals surface area (Å²) in [5.74, 6) is -0.547. The molecule has 0 aliphatic rings. The number of Topliss-reactive ketones (excluding diaryl/α,β-unsaturated/α-hetero) is 1. The van der Waals surface area contributed by atoms with E-state index in [2.05, 4.69) is 4.98 Å². The van der Waals surface area contributed by atoms with Gasteiger partial charge in [0, 0.05) is 6.20 Å². The van der Waals surface area contributed by atoms with Gasteiger partial charge in [0.25, 0.3) is 0 Å². The summed E-state index contributed by atoms with van der Waals surface area (Å²) in [5.41, 5.74) is 0.324. The summed E-state index contributed by atoms with van der Waals surface area (Å²) >= 11 is 0. The van der Waals surface area contributed by atoms with E-state index >= 15 is 0 Å². The number of carbonyl (C=O) groups excluding carboxylic acids is 1. The topological polar surface area (TPSA) is 70.4 Å². The maximum absolute atomic E-state index is 11.2. The van der Waals surface area contributed by atoms with Crippen molar-refractivity contribution in [3.8, 4) is 0 Å². The standard InChI is InChI=1S/C11H13NO3/c1-7(13)10(8(2)14)11(15)9-5-3-4-6-12-9/h3-6,11,13,15H,1-2H3/b10-7-/t11-/m0/s1. The zero-order valence-electron chi connectivity index (χ0n) is 8.64. The normalized spacial score (nSPS) is 14.3. The fourth-order valence-electron chi connectivity index (χ4n) is 1.33. The smallest absolute Gasteiger partial charge is 0.162 e. The van der Waals surface area contributed by atoms with Crippen LogP contribution < -0.4 is 0 Å². The van der Waals surface area contributed by atoms with Crippen molar-refractivity contribution >= 4 is 5.78 Å². The van der Waals surface area contributed by atoms with E-state index in [-0.39, 0.29) is 17.1 Å². The Morgan fingerprint density at radius 2 is 2.07 bits per heavy atom. The number of aliphatic hydroxyl groups is 2. The van der Waals surface area contributed by atoms with Crippen LogP contribution in [0.15, 0.2) is 35.7 Å². The molecular formula is C11H13NO3. The molecule has 0 radical (unpaired) electrons. The van der Waals surface area contributed by atoms with Gasteiger partial charge < -0.3 is 10.2 Å². The Kier molecular flexibility index (Phi) is 3.57. The summed E-state index contributed by atoms with van der Waals surface area (Å²) in [6, 6.07) is 5.01. The van der Waals surface area contributed by atoms with E-state index in [1.54, 1.807) is 18.2 Å². The Bertz CT molecular complexity index is 380. The molecule has 0 aliphatic carbocycles. The van der Waals surface area contributed by atoms with Gasteiger partial charge in [-0.2, -0.15) is 0 Å². The molecule has 4 nitrogen and oxygen atoms in total. The summed E-state index contributed by atoms with van der Waals surface area (Å²) < 4.78 is 0. The van der Waals surface area contributed by atoms with E-state index in [1.165, 1.54) is 20.0 Å². The van der Waals surface area contributed by atoms with Crippen LogP contribution in [0, 0.1) is 0 Å². The van der Waals surface area contributed by atoms with Crippen molar-refractivity contribution in [2.45, 2.75) is 20.0 Å². The largest absolute Gasteiger partial charge is 0.512 e. The molecule has 15 heavy (non-hydrogen) atoms. The Balaban J connectivity index is 3.08. The average Bonchev–Trinajstić information content (AvgIpc) is 2.18. The molecule has 1 atom stereocenters. The lowest BCUT2D eigenvalue weighted by Gasteiger charge is -2.12. The second kappa shape index (κ2) is 4.70. The third kappa shape index (κ3) is 2.63. The van der Waals surface area contributed by atoms with Gasteiger partial charge in [0.15, 0.2) is 5.78 Å². The van der Waals surface area contributed by atoms with Crippen LogP contribution in [0.3, 0.4) is 0 Å². The molecule has 2 N–H and O–H groups in total. The first-order chi connectivity index (χ1) is 7.04. The van der Waals surface area contributed by atoms with Gasteiger partial charge in [-0.05, 0) is 26.0 Å². The van der Waals surface area contributed by atoms with Gasteiger partial charge in [0.05, 0.1) is 17.0 Å². The highest BCUT2D eigenvalue weighted by Crippen LogP contribution is 2.22. The van der Waals surface area contributed by atoms with Crippen molar-refractivity contribution in [1.82, 2.24) is 4.98 Å². The number of aliphatic hydroxyl groups excluding tert-OH is 2. The van der Waals surface area contributed by atoms with Crippen molar-refractivity contribution in [1.29, 1.82) is 0 Å². The number of pyridine rings is 1. The van der Waals surface area contributed by atoms with Gasteiger partial charge in [-0.1, -0.05) is 6.07 Å². The minimum absolute atomic E-state index is 0.0197. The van der Waals surface area contributed by atoms with Gasteiger partial charge in [-0.3, -0.25) is 9.78 Å². The Labute approximate surface area is 87.9 Å². The van der Waals surface area contributed by atoms with Crippen LogP contribution in [-0.4, -0.2) is 21.0 Å². The van der Waals surface area contributed by atoms with E-state index in [4.69, 9.17) is 0 Å². The zero-order valence-corrected chi connectivity index (χ0v) is 8.64. The fraction of sp³-hybridized carbons (Fsp3) is 0.273. The van der Waals surface area contributed by atoms with E-state index in [1.807, 2.05) is 0 Å². The van der Waals surface area contributed by atoms with Crippen LogP contribution in [0.4, 0.5) is 0 Å². The zero-order chi connectivity index (χ0) is 11.4. The molecule has 80 valence electrons. The highest BCUT2D eigenvalue weighted by atomic mass is 16.3. The molecule has 0 aliphatic heterocycles. The second-order valence-electron chi connectivity index (χ2n) is 3.21. The number of ketones is 1. The minimum atomic E-state index is -1.17. The number of aromatic nitrogens is 1. The molecule has 1 aromatic heterocycles. The van der Waals surface area contributed by atoms with Crippen molar-refractivity contribution in [2.24, 2.45) is 0 Å². The van der Waals surface area contributed by atoms with Crippen LogP contribution in [0.1, 0.15) is 25.6 Å². The summed E-state index contributed by atoms with van der Waals surface area (Å²) in [6.45, 7) is 2.66. The Morgan fingerprint density at radius 1 is 1.40 bits per heavy atom. The fourth-order valence-corrected chi connectivity index (χ4v) is 1.33. The molecule has 0 amide bonds. The van der Waals surface area contributed by atoms with Gasteiger partial charge >= 0.3 is 0 Å². The van der Waals surface area contributed by atoms with Crippen molar-refractivity contribution in [3.63, 3.8) is 0 Å². The SMILES string of the molecule is CC(=O)/C(=C(\C)O)[C@@H](O)c1ccccn1. The van der Waals surface area contributed by atoms with Gasteiger partial charge in [-0.15, -0.1) is 0 Å². The Morgan fingerprint density at radius 3 is 2.47 bits per heavy atom. The Hall–Kier alpha value is -1.68. The van der Waals surface area contributed by atoms with E-state index in [0.29, 0.717) is 5.69 Å². The van der Waals surface area contributed by atoms with Crippen molar-refractivity contribution in [3.05, 3.63) is 41.4 Å². The quantitative estimate of drug-likeness (QED) is 0.582. The van der Waals surface area contributed by atoms with Crippen molar-refractivity contribution < 1.29 is 15.0 Å². The average molecular weight is 207 g/mol. The molecular weight excluding hydrogens is 194 g/mol. The third-order valence-electron chi connectivity index (χ3n) is 2.01. The molecule has 1 rings (SSSR count). The monoisotopic (exact) mass is 207 g/mol. The van der Waals surface area contributed by atoms with E-state index in [9.17, 15) is 15.0 Å². The molecule has 1 aromatic rings. The lowest BCUT2D eigenvalue weighted by molar-refractivity contribution is -0.114. The number of carbonyl (C=O) groups is 1. The molecule has 0 spiro atoms. The van der Waals surface area contributed by atoms with Crippen LogP contribution >= 0.6 is 0 Å². The molecule has 0 bridgehead atoms. The minimum Gasteiger partial charge on any atom is -0.512 e. The first-order valence-electron chi connectivity index (χ1n) is 4.53. The summed E-state index contributed by atoms with van der Waals surface area (Å²) in [7, 11) is 0. The molecule has 0 fully saturated rings. The second-order valence-corrected chi connectivity index (χ2v) is 3.21. The first kappa shape index (κ1) is 11.4. The summed E-state index contributed by atoms with van der Waals surface area (Å²) in [5, 5.41) is 19.1. The highest BCUT2D eigenvalue weighted by molar-refractivity contribution is 5.94. The lowest BCUT2D eigenvalue weighted by Crippen LogP contribution is -2.12. The summed E-state index contributed by atoms with van der Waals surface area (Å²) in [4.78, 5) is 15.1. The third-order valence-corrected chi connectivity index (χ3v) is 2.01. The molecule has 0 aromatic carbocycles. The van der Waals surface area contributed by atoms with Crippen LogP contribution in [-0.2, 0) is 4.79 Å². The van der Waals surface area contributed by atoms with Crippen LogP contribution in [0.5, 0.6) is 0 Å². The first-order valence-corrected chi connectivity index (χ1v) is 4.53. The van der Waals surface area contributed by atoms with Crippen molar-refractivity contribution in [2.75, 3.05) is 0 Å². The van der Waals surface area contributed by atoms with E-state index < -0.39 is 6.10 Å². The number of allylic oxidation sites excluding steroid dienone is 1. The number of hydrogen-bond donors (Lipinski definition) is 2. The molecule has 0 saturated heterocycles. The van der Waals surface area contributed by atoms with Gasteiger partial charge in [0.1, 0.15) is 6.10 Å². The molecule has 4 heteroatoms. The highest BCUT2D eigenvalue weighted by Gasteiger charge is 2.20. The predicted molar refractivity (Wildman–Crippen MR) is 55.2 cm³/mol. The maximum atomic E-state index is 11.2. The van der Waals surface area contributed by atoms with Crippen LogP contribution in [0.2, 0.25) is 0 Å². The van der Waals surface area contributed by atoms with Crippen LogP contribution in [0.25, 0.3) is 0 Å². The summed E-state index contributed by atoms with van der Waals surface area (Å²) in [6.07, 6.45) is 0.344. The van der Waals surface area contributed by atoms with Gasteiger partial charge in [-0.25, -0.2) is 0 Å². The number of nitrogens with zero attached hydrogens (tertiary/aromatic N) is 1. The van der Waals surface area contributed by atoms with E-state index in [0.717, 1.165) is 0 Å². The van der Waals surface area contributed by atoms with Gasteiger partial charge in [0.2, 0.25) is 0 Å². The molecule has 0 saturated carbocycles. The maximum Gasteiger partial charge on any atom is 0.162 e. The predicted octanol–water partition coefficient (Wildman–Crippen LogP) is 1.54. The number of hydrogen-bond acceptors (Lipinski definition) is 4. The lowest BCUT2D eigenvalue weighted by atomic mass is 10.0. The molecule has 1 heterocycles. The number of rotatable bonds is 3. The molecule has 0 unspecified atom stereocenters.